The van der Waals surface area contributed by atoms with Gasteiger partial charge in [0.25, 0.3) is 0 Å². The van der Waals surface area contributed by atoms with Crippen LogP contribution in [0.3, 0.4) is 0 Å². The highest BCUT2D eigenvalue weighted by Crippen LogP contribution is 2.32. The second-order valence-electron chi connectivity index (χ2n) is 5.32. The average Bonchev–Trinajstić information content (AvgIpc) is 3.11. The fraction of sp³-hybridized carbons (Fsp3) is 0.846. The molecule has 0 aromatic heterocycles. The van der Waals surface area contributed by atoms with E-state index in [1.165, 1.54) is 0 Å². The molecule has 108 valence electrons. The Balaban J connectivity index is 1.91. The van der Waals surface area contributed by atoms with Crippen LogP contribution in [0.1, 0.15) is 32.6 Å². The monoisotopic (exact) mass is 285 g/mol. The minimum Gasteiger partial charge on any atom is -0.350 e. The van der Waals surface area contributed by atoms with Crippen LogP contribution >= 0.6 is 11.8 Å². The molecule has 0 spiro atoms. The molecule has 5 nitrogen and oxygen atoms in total. The highest BCUT2D eigenvalue weighted by Gasteiger charge is 2.37. The first kappa shape index (κ1) is 14.7. The third-order valence-electron chi connectivity index (χ3n) is 3.74. The summed E-state index contributed by atoms with van der Waals surface area (Å²) in [6, 6.07) is -0.224. The van der Waals surface area contributed by atoms with E-state index in [0.717, 1.165) is 19.3 Å². The standard InChI is InChI=1S/C13H23N3O2S/c1-2-3-12(17)16-8-19-7-11(16)13(18)15-10(6-14)9-4-5-9/h9-11H,2-8,14H2,1H3,(H,15,18). The number of hydrogen-bond donors (Lipinski definition) is 2. The van der Waals surface area contributed by atoms with Crippen LogP contribution < -0.4 is 11.1 Å². The van der Waals surface area contributed by atoms with E-state index < -0.39 is 0 Å². The minimum absolute atomic E-state index is 0.0307. The van der Waals surface area contributed by atoms with Gasteiger partial charge in [-0.05, 0) is 25.2 Å². The number of nitrogens with one attached hydrogen (secondary N) is 1. The van der Waals surface area contributed by atoms with Crippen molar-refractivity contribution in [3.8, 4) is 0 Å². The Morgan fingerprint density at radius 3 is 2.79 bits per heavy atom. The van der Waals surface area contributed by atoms with Crippen molar-refractivity contribution in [2.45, 2.75) is 44.7 Å². The fourth-order valence-corrected chi connectivity index (χ4v) is 3.59. The van der Waals surface area contributed by atoms with Crippen molar-refractivity contribution in [2.75, 3.05) is 18.2 Å². The molecule has 2 atom stereocenters. The van der Waals surface area contributed by atoms with Gasteiger partial charge in [-0.2, -0.15) is 0 Å². The van der Waals surface area contributed by atoms with Crippen LogP contribution in [0.15, 0.2) is 0 Å². The van der Waals surface area contributed by atoms with E-state index in [2.05, 4.69) is 5.32 Å². The molecule has 1 saturated heterocycles. The van der Waals surface area contributed by atoms with Gasteiger partial charge in [-0.15, -0.1) is 11.8 Å². The molecule has 0 radical (unpaired) electrons. The zero-order valence-electron chi connectivity index (χ0n) is 11.4. The van der Waals surface area contributed by atoms with Crippen LogP contribution in [0.4, 0.5) is 0 Å². The fourth-order valence-electron chi connectivity index (χ4n) is 2.41. The lowest BCUT2D eigenvalue weighted by atomic mass is 10.1. The summed E-state index contributed by atoms with van der Waals surface area (Å²) in [6.07, 6.45) is 3.65. The van der Waals surface area contributed by atoms with E-state index in [1.54, 1.807) is 16.7 Å². The number of nitrogens with zero attached hydrogens (tertiary/aromatic N) is 1. The maximum Gasteiger partial charge on any atom is 0.243 e. The predicted octanol–water partition coefficient (Wildman–Crippen LogP) is 0.542. The van der Waals surface area contributed by atoms with Gasteiger partial charge in [-0.1, -0.05) is 6.92 Å². The summed E-state index contributed by atoms with van der Waals surface area (Å²) in [5.74, 6) is 1.93. The third kappa shape index (κ3) is 3.63. The second kappa shape index (κ2) is 6.61. The number of carbonyl (C=O) groups is 2. The first-order valence-corrected chi connectivity index (χ1v) is 8.20. The highest BCUT2D eigenvalue weighted by atomic mass is 32.2. The average molecular weight is 285 g/mol. The number of carbonyl (C=O) groups excluding carboxylic acids is 2. The lowest BCUT2D eigenvalue weighted by Crippen LogP contribution is -2.52. The summed E-state index contributed by atoms with van der Waals surface area (Å²) in [4.78, 5) is 26.0. The number of amides is 2. The molecule has 1 aliphatic carbocycles. The maximum absolute atomic E-state index is 12.3. The Bertz CT molecular complexity index is 347. The smallest absolute Gasteiger partial charge is 0.243 e. The van der Waals surface area contributed by atoms with Gasteiger partial charge < -0.3 is 16.0 Å². The van der Waals surface area contributed by atoms with Crippen molar-refractivity contribution < 1.29 is 9.59 Å². The van der Waals surface area contributed by atoms with E-state index in [4.69, 9.17) is 5.73 Å². The van der Waals surface area contributed by atoms with Crippen molar-refractivity contribution in [3.63, 3.8) is 0 Å². The molecule has 1 heterocycles. The van der Waals surface area contributed by atoms with Gasteiger partial charge in [0.05, 0.1) is 5.88 Å². The molecule has 2 aliphatic rings. The maximum atomic E-state index is 12.3. The van der Waals surface area contributed by atoms with Gasteiger partial charge in [0, 0.05) is 24.8 Å². The molecule has 19 heavy (non-hydrogen) atoms. The predicted molar refractivity (Wildman–Crippen MR) is 76.6 cm³/mol. The Kier molecular flexibility index (Phi) is 5.10. The molecular formula is C13H23N3O2S. The van der Waals surface area contributed by atoms with Gasteiger partial charge in [0.1, 0.15) is 6.04 Å². The molecule has 2 fully saturated rings. The van der Waals surface area contributed by atoms with Crippen LogP contribution in [-0.2, 0) is 9.59 Å². The number of thioether (sulfide) groups is 1. The van der Waals surface area contributed by atoms with Crippen LogP contribution in [0.2, 0.25) is 0 Å². The summed E-state index contributed by atoms with van der Waals surface area (Å²) in [5.41, 5.74) is 5.70. The third-order valence-corrected chi connectivity index (χ3v) is 4.75. The first-order chi connectivity index (χ1) is 9.17. The Labute approximate surface area is 118 Å². The zero-order valence-corrected chi connectivity index (χ0v) is 12.2. The summed E-state index contributed by atoms with van der Waals surface area (Å²) < 4.78 is 0. The molecular weight excluding hydrogens is 262 g/mol. The largest absolute Gasteiger partial charge is 0.350 e. The summed E-state index contributed by atoms with van der Waals surface area (Å²) in [6.45, 7) is 2.47. The van der Waals surface area contributed by atoms with Crippen LogP contribution in [0.5, 0.6) is 0 Å². The molecule has 6 heteroatoms. The van der Waals surface area contributed by atoms with Crippen molar-refractivity contribution in [3.05, 3.63) is 0 Å². The summed E-state index contributed by atoms with van der Waals surface area (Å²) >= 11 is 1.64. The molecule has 1 saturated carbocycles. The van der Waals surface area contributed by atoms with Gasteiger partial charge in [-0.3, -0.25) is 9.59 Å². The second-order valence-corrected chi connectivity index (χ2v) is 6.32. The van der Waals surface area contributed by atoms with Crippen molar-refractivity contribution in [1.82, 2.24) is 10.2 Å². The Hall–Kier alpha value is -0.750. The minimum atomic E-state index is -0.308. The molecule has 3 N–H and O–H groups in total. The van der Waals surface area contributed by atoms with Crippen molar-refractivity contribution in [2.24, 2.45) is 11.7 Å². The molecule has 1 aliphatic heterocycles. The molecule has 2 amide bonds. The topological polar surface area (TPSA) is 75.4 Å². The van der Waals surface area contributed by atoms with Crippen LogP contribution in [0, 0.1) is 5.92 Å². The highest BCUT2D eigenvalue weighted by molar-refractivity contribution is 7.99. The number of nitrogens with two attached hydrogens (primary N) is 1. The molecule has 0 bridgehead atoms. The lowest BCUT2D eigenvalue weighted by Gasteiger charge is -2.25. The molecule has 0 aromatic carbocycles. The Morgan fingerprint density at radius 1 is 1.47 bits per heavy atom. The zero-order chi connectivity index (χ0) is 13.8. The summed E-state index contributed by atoms with van der Waals surface area (Å²) in [5, 5.41) is 3.03. The molecule has 2 rings (SSSR count). The quantitative estimate of drug-likeness (QED) is 0.747. The Morgan fingerprint density at radius 2 is 2.21 bits per heavy atom. The SMILES string of the molecule is CCCC(=O)N1CSCC1C(=O)NC(CN)C1CC1. The summed E-state index contributed by atoms with van der Waals surface area (Å²) in [7, 11) is 0. The number of hydrogen-bond acceptors (Lipinski definition) is 4. The normalized spacial score (nSPS) is 24.3. The lowest BCUT2D eigenvalue weighted by molar-refractivity contribution is -0.138. The first-order valence-electron chi connectivity index (χ1n) is 7.05. The van der Waals surface area contributed by atoms with Crippen molar-refractivity contribution >= 4 is 23.6 Å². The van der Waals surface area contributed by atoms with Gasteiger partial charge in [-0.25, -0.2) is 0 Å². The van der Waals surface area contributed by atoms with Crippen LogP contribution in [-0.4, -0.2) is 47.0 Å². The van der Waals surface area contributed by atoms with Crippen molar-refractivity contribution in [1.29, 1.82) is 0 Å². The van der Waals surface area contributed by atoms with E-state index >= 15 is 0 Å². The molecule has 0 aromatic rings. The van der Waals surface area contributed by atoms with Gasteiger partial charge in [0.15, 0.2) is 0 Å². The number of rotatable bonds is 6. The van der Waals surface area contributed by atoms with E-state index in [1.807, 2.05) is 6.92 Å². The molecule has 2 unspecified atom stereocenters. The van der Waals surface area contributed by atoms with Gasteiger partial charge >= 0.3 is 0 Å². The van der Waals surface area contributed by atoms with E-state index in [9.17, 15) is 9.59 Å². The van der Waals surface area contributed by atoms with E-state index in [-0.39, 0.29) is 23.9 Å². The van der Waals surface area contributed by atoms with Crippen LogP contribution in [0.25, 0.3) is 0 Å². The van der Waals surface area contributed by atoms with Gasteiger partial charge in [0.2, 0.25) is 11.8 Å². The van der Waals surface area contributed by atoms with E-state index in [0.29, 0.717) is 30.5 Å².